The monoisotopic (exact) mass is 454 g/mol. The lowest BCUT2D eigenvalue weighted by Crippen LogP contribution is -2.49. The van der Waals surface area contributed by atoms with Crippen molar-refractivity contribution in [1.82, 2.24) is 0 Å². The molecule has 0 N–H and O–H groups in total. The molecule has 0 radical (unpaired) electrons. The number of carbonyl (C=O) groups is 3. The average molecular weight is 455 g/mol. The van der Waals surface area contributed by atoms with E-state index in [1.165, 1.54) is 7.11 Å². The molecule has 6 heteroatoms. The predicted molar refractivity (Wildman–Crippen MR) is 126 cm³/mol. The van der Waals surface area contributed by atoms with Crippen molar-refractivity contribution in [2.24, 2.45) is 5.41 Å². The van der Waals surface area contributed by atoms with E-state index in [0.717, 1.165) is 5.56 Å². The van der Waals surface area contributed by atoms with Gasteiger partial charge in [-0.25, -0.2) is 0 Å². The Bertz CT molecular complexity index is 923. The normalized spacial score (nSPS) is 12.5. The van der Waals surface area contributed by atoms with Gasteiger partial charge in [-0.05, 0) is 36.0 Å². The number of esters is 3. The summed E-state index contributed by atoms with van der Waals surface area (Å²) >= 11 is 0. The van der Waals surface area contributed by atoms with Crippen molar-refractivity contribution in [2.75, 3.05) is 20.3 Å². The number of ether oxygens (including phenoxy) is 3. The fourth-order valence-electron chi connectivity index (χ4n) is 3.97. The van der Waals surface area contributed by atoms with Crippen molar-refractivity contribution in [3.05, 3.63) is 71.3 Å². The van der Waals surface area contributed by atoms with Crippen molar-refractivity contribution in [3.63, 3.8) is 0 Å². The Kier molecular flexibility index (Phi) is 8.80. The van der Waals surface area contributed by atoms with Gasteiger partial charge in [-0.1, -0.05) is 75.4 Å². The molecular weight excluding hydrogens is 420 g/mol. The summed E-state index contributed by atoms with van der Waals surface area (Å²) in [5, 5.41) is 0. The molecule has 0 aliphatic carbocycles. The Morgan fingerprint density at radius 3 is 1.70 bits per heavy atom. The van der Waals surface area contributed by atoms with Crippen molar-refractivity contribution in [2.45, 2.75) is 52.4 Å². The second kappa shape index (κ2) is 11.1. The Balaban J connectivity index is 2.85. The zero-order valence-electron chi connectivity index (χ0n) is 20.3. The van der Waals surface area contributed by atoms with Crippen LogP contribution in [0.2, 0.25) is 0 Å². The quantitative estimate of drug-likeness (QED) is 0.308. The van der Waals surface area contributed by atoms with Crippen LogP contribution in [0, 0.1) is 5.41 Å². The van der Waals surface area contributed by atoms with Crippen LogP contribution in [0.5, 0.6) is 0 Å². The van der Waals surface area contributed by atoms with E-state index in [2.05, 4.69) is 20.8 Å². The first-order chi connectivity index (χ1) is 15.6. The van der Waals surface area contributed by atoms with Crippen molar-refractivity contribution < 1.29 is 28.6 Å². The SMILES string of the molecule is CCOC(=O)C(CC(=O)OC)(C(=O)OCC)C(c1ccccc1)c1ccc(C(C)(C)C)cc1. The first-order valence-corrected chi connectivity index (χ1v) is 11.2. The number of benzene rings is 2. The van der Waals surface area contributed by atoms with Crippen LogP contribution in [0.15, 0.2) is 54.6 Å². The van der Waals surface area contributed by atoms with Gasteiger partial charge in [0.25, 0.3) is 0 Å². The van der Waals surface area contributed by atoms with Crippen LogP contribution in [0.25, 0.3) is 0 Å². The molecule has 0 saturated carbocycles. The minimum atomic E-state index is -1.95. The molecule has 0 bridgehead atoms. The van der Waals surface area contributed by atoms with E-state index in [1.54, 1.807) is 13.8 Å². The van der Waals surface area contributed by atoms with E-state index in [9.17, 15) is 14.4 Å². The molecular formula is C27H34O6. The third-order valence-electron chi connectivity index (χ3n) is 5.67. The lowest BCUT2D eigenvalue weighted by molar-refractivity contribution is -0.178. The zero-order valence-corrected chi connectivity index (χ0v) is 20.3. The molecule has 0 fully saturated rings. The fraction of sp³-hybridized carbons (Fsp3) is 0.444. The van der Waals surface area contributed by atoms with E-state index in [1.807, 2.05) is 54.6 Å². The molecule has 2 rings (SSSR count). The molecule has 0 aliphatic rings. The zero-order chi connectivity index (χ0) is 24.6. The molecule has 1 atom stereocenters. The second-order valence-electron chi connectivity index (χ2n) is 8.88. The Labute approximate surface area is 196 Å². The molecule has 1 unspecified atom stereocenters. The van der Waals surface area contributed by atoms with Crippen LogP contribution < -0.4 is 0 Å². The molecule has 0 heterocycles. The summed E-state index contributed by atoms with van der Waals surface area (Å²) in [6.07, 6.45) is -0.512. The van der Waals surface area contributed by atoms with E-state index >= 15 is 0 Å². The average Bonchev–Trinajstić information content (AvgIpc) is 2.79. The topological polar surface area (TPSA) is 78.9 Å². The second-order valence-corrected chi connectivity index (χ2v) is 8.88. The summed E-state index contributed by atoms with van der Waals surface area (Å²) in [5.74, 6) is -3.17. The van der Waals surface area contributed by atoms with Gasteiger partial charge in [-0.15, -0.1) is 0 Å². The van der Waals surface area contributed by atoms with Gasteiger partial charge in [0.15, 0.2) is 5.41 Å². The van der Waals surface area contributed by atoms with Gasteiger partial charge in [-0.2, -0.15) is 0 Å². The number of rotatable bonds is 9. The minimum absolute atomic E-state index is 0.0473. The molecule has 0 spiro atoms. The van der Waals surface area contributed by atoms with E-state index in [-0.39, 0.29) is 18.6 Å². The third-order valence-corrected chi connectivity index (χ3v) is 5.67. The molecule has 2 aromatic carbocycles. The first-order valence-electron chi connectivity index (χ1n) is 11.2. The van der Waals surface area contributed by atoms with Crippen LogP contribution in [-0.2, 0) is 34.0 Å². The summed E-state index contributed by atoms with van der Waals surface area (Å²) in [5.41, 5.74) is 0.449. The highest BCUT2D eigenvalue weighted by Gasteiger charge is 2.57. The lowest BCUT2D eigenvalue weighted by atomic mass is 9.66. The first kappa shape index (κ1) is 26.1. The summed E-state index contributed by atoms with van der Waals surface area (Å²) in [4.78, 5) is 39.6. The summed E-state index contributed by atoms with van der Waals surface area (Å²) in [6.45, 7) is 9.72. The van der Waals surface area contributed by atoms with Crippen LogP contribution >= 0.6 is 0 Å². The maximum Gasteiger partial charge on any atom is 0.325 e. The highest BCUT2D eigenvalue weighted by Crippen LogP contribution is 2.46. The molecule has 2 aromatic rings. The Hall–Kier alpha value is -3.15. The molecule has 0 aliphatic heterocycles. The summed E-state index contributed by atoms with van der Waals surface area (Å²) in [7, 11) is 1.22. The van der Waals surface area contributed by atoms with Gasteiger partial charge >= 0.3 is 17.9 Å². The standard InChI is InChI=1S/C27H34O6/c1-7-32-24(29)27(18-22(28)31-6,25(30)33-8-2)23(19-12-10-9-11-13-19)20-14-16-21(17-15-20)26(3,4)5/h9-17,23H,7-8,18H2,1-6H3. The fourth-order valence-corrected chi connectivity index (χ4v) is 3.97. The molecule has 0 amide bonds. The number of hydrogen-bond donors (Lipinski definition) is 0. The largest absolute Gasteiger partial charge is 0.469 e. The lowest BCUT2D eigenvalue weighted by Gasteiger charge is -2.36. The van der Waals surface area contributed by atoms with Crippen molar-refractivity contribution >= 4 is 17.9 Å². The van der Waals surface area contributed by atoms with Crippen LogP contribution in [0.1, 0.15) is 63.6 Å². The number of hydrogen-bond acceptors (Lipinski definition) is 6. The predicted octanol–water partition coefficient (Wildman–Crippen LogP) is 4.79. The van der Waals surface area contributed by atoms with Crippen molar-refractivity contribution in [3.8, 4) is 0 Å². The van der Waals surface area contributed by atoms with E-state index in [0.29, 0.717) is 11.1 Å². The maximum atomic E-state index is 13.5. The molecule has 33 heavy (non-hydrogen) atoms. The maximum absolute atomic E-state index is 13.5. The van der Waals surface area contributed by atoms with Crippen LogP contribution in [0.3, 0.4) is 0 Å². The Morgan fingerprint density at radius 1 is 0.788 bits per heavy atom. The van der Waals surface area contributed by atoms with E-state index < -0.39 is 35.7 Å². The van der Waals surface area contributed by atoms with Gasteiger partial charge in [0.05, 0.1) is 26.7 Å². The van der Waals surface area contributed by atoms with Crippen molar-refractivity contribution in [1.29, 1.82) is 0 Å². The van der Waals surface area contributed by atoms with E-state index in [4.69, 9.17) is 14.2 Å². The molecule has 0 aromatic heterocycles. The highest BCUT2D eigenvalue weighted by molar-refractivity contribution is 6.04. The Morgan fingerprint density at radius 2 is 1.27 bits per heavy atom. The van der Waals surface area contributed by atoms with Gasteiger partial charge in [0, 0.05) is 5.92 Å². The number of methoxy groups -OCH3 is 1. The number of carbonyl (C=O) groups excluding carboxylic acids is 3. The van der Waals surface area contributed by atoms with Gasteiger partial charge in [0.2, 0.25) is 0 Å². The van der Waals surface area contributed by atoms with Gasteiger partial charge in [-0.3, -0.25) is 14.4 Å². The third kappa shape index (κ3) is 5.81. The molecule has 178 valence electrons. The van der Waals surface area contributed by atoms with Gasteiger partial charge < -0.3 is 14.2 Å². The molecule has 0 saturated heterocycles. The van der Waals surface area contributed by atoms with Crippen LogP contribution in [0.4, 0.5) is 0 Å². The minimum Gasteiger partial charge on any atom is -0.469 e. The highest BCUT2D eigenvalue weighted by atomic mass is 16.6. The summed E-state index contributed by atoms with van der Waals surface area (Å²) < 4.78 is 15.6. The van der Waals surface area contributed by atoms with Crippen LogP contribution in [-0.4, -0.2) is 38.2 Å². The van der Waals surface area contributed by atoms with Gasteiger partial charge in [0.1, 0.15) is 0 Å². The smallest absolute Gasteiger partial charge is 0.325 e. The summed E-state index contributed by atoms with van der Waals surface area (Å²) in [6, 6.07) is 16.9. The molecule has 6 nitrogen and oxygen atoms in total.